The van der Waals surface area contributed by atoms with Crippen LogP contribution >= 0.6 is 11.9 Å². The molecule has 3 rings (SSSR count). The first-order chi connectivity index (χ1) is 10.9. The Morgan fingerprint density at radius 3 is 2.59 bits per heavy atom. The second kappa shape index (κ2) is 8.17. The monoisotopic (exact) mass is 312 g/mol. The Morgan fingerprint density at radius 2 is 1.82 bits per heavy atom. The van der Waals surface area contributed by atoms with Crippen molar-refractivity contribution >= 4 is 34.7 Å². The van der Waals surface area contributed by atoms with Gasteiger partial charge >= 0.3 is 0 Å². The first-order valence-electron chi connectivity index (χ1n) is 6.63. The molecule has 0 saturated heterocycles. The molecule has 0 unspecified atom stereocenters. The average molecular weight is 312 g/mol. The summed E-state index contributed by atoms with van der Waals surface area (Å²) in [7, 11) is 1.00. The molecule has 3 aromatic rings. The number of aldehydes is 1. The summed E-state index contributed by atoms with van der Waals surface area (Å²) >= 11 is 1.47. The normalized spacial score (nSPS) is 9.73. The zero-order valence-electron chi connectivity index (χ0n) is 12.1. The van der Waals surface area contributed by atoms with Gasteiger partial charge in [0, 0.05) is 18.2 Å². The number of rotatable bonds is 4. The van der Waals surface area contributed by atoms with Gasteiger partial charge < -0.3 is 9.83 Å². The van der Waals surface area contributed by atoms with E-state index in [1.54, 1.807) is 12.3 Å². The number of carbonyl (C=O) groups excluding carboxylic acids is 1. The third-order valence-corrected chi connectivity index (χ3v) is 3.76. The maximum Gasteiger partial charge on any atom is 0.170 e. The van der Waals surface area contributed by atoms with E-state index in [1.165, 1.54) is 22.7 Å². The number of nitrogens with zero attached hydrogens (tertiary/aromatic N) is 1. The summed E-state index contributed by atoms with van der Waals surface area (Å²) in [5, 5.41) is 9.41. The lowest BCUT2D eigenvalue weighted by molar-refractivity contribution is 0.112. The quantitative estimate of drug-likeness (QED) is 0.567. The summed E-state index contributed by atoms with van der Waals surface area (Å²) in [4.78, 5) is 16.0. The van der Waals surface area contributed by atoms with Crippen LogP contribution in [0, 0.1) is 0 Å². The number of anilines is 1. The fourth-order valence-corrected chi connectivity index (χ4v) is 2.66. The van der Waals surface area contributed by atoms with Gasteiger partial charge in [0.15, 0.2) is 6.29 Å². The molecule has 0 saturated carbocycles. The van der Waals surface area contributed by atoms with E-state index in [0.717, 1.165) is 24.0 Å². The molecule has 0 fully saturated rings. The molecule has 112 valence electrons. The fourth-order valence-electron chi connectivity index (χ4n) is 1.94. The Labute approximate surface area is 133 Å². The number of aliphatic hydroxyl groups excluding tert-OH is 1. The Hall–Kier alpha value is -2.37. The molecule has 22 heavy (non-hydrogen) atoms. The van der Waals surface area contributed by atoms with E-state index >= 15 is 0 Å². The number of benzene rings is 2. The summed E-state index contributed by atoms with van der Waals surface area (Å²) in [6, 6.07) is 18.1. The van der Waals surface area contributed by atoms with Gasteiger partial charge in [0.05, 0.1) is 5.69 Å². The largest absolute Gasteiger partial charge is 0.400 e. The number of nitrogens with one attached hydrogen (secondary N) is 1. The molecule has 1 aromatic heterocycles. The molecule has 0 amide bonds. The molecule has 0 aliphatic heterocycles. The lowest BCUT2D eigenvalue weighted by Crippen LogP contribution is -1.95. The van der Waals surface area contributed by atoms with Crippen LogP contribution in [0.4, 0.5) is 5.69 Å². The number of aliphatic hydroxyl groups is 1. The average Bonchev–Trinajstić information content (AvgIpc) is 2.61. The van der Waals surface area contributed by atoms with E-state index in [1.807, 2.05) is 18.2 Å². The van der Waals surface area contributed by atoms with Gasteiger partial charge in [-0.1, -0.05) is 30.3 Å². The topological polar surface area (TPSA) is 62.2 Å². The van der Waals surface area contributed by atoms with Crippen molar-refractivity contribution in [3.63, 3.8) is 0 Å². The fraction of sp³-hybridized carbons (Fsp3) is 0.0588. The number of hydrogen-bond acceptors (Lipinski definition) is 5. The standard InChI is InChI=1S/C16H12N2OS.CH4O/c19-11-16-15(6-3-9-17-16)18-20-14-8-7-12-4-1-2-5-13(12)10-14;1-2/h1-11,18H;2H,1H3. The van der Waals surface area contributed by atoms with Crippen LogP contribution in [0.25, 0.3) is 10.8 Å². The minimum Gasteiger partial charge on any atom is -0.400 e. The number of hydrogen-bond donors (Lipinski definition) is 2. The van der Waals surface area contributed by atoms with E-state index in [2.05, 4.69) is 40.0 Å². The van der Waals surface area contributed by atoms with Gasteiger partial charge in [-0.25, -0.2) is 0 Å². The minimum atomic E-state index is 0.417. The van der Waals surface area contributed by atoms with Gasteiger partial charge in [0.25, 0.3) is 0 Å². The van der Waals surface area contributed by atoms with Crippen molar-refractivity contribution in [1.29, 1.82) is 0 Å². The van der Waals surface area contributed by atoms with Gasteiger partial charge in [-0.3, -0.25) is 9.78 Å². The predicted molar refractivity (Wildman–Crippen MR) is 91.2 cm³/mol. The van der Waals surface area contributed by atoms with E-state index in [9.17, 15) is 4.79 Å². The Balaban J connectivity index is 0.000000847. The van der Waals surface area contributed by atoms with Crippen LogP contribution < -0.4 is 4.72 Å². The smallest absolute Gasteiger partial charge is 0.170 e. The number of aromatic nitrogens is 1. The van der Waals surface area contributed by atoms with E-state index in [4.69, 9.17) is 5.11 Å². The van der Waals surface area contributed by atoms with Gasteiger partial charge in [0.1, 0.15) is 5.69 Å². The second-order valence-corrected chi connectivity index (χ2v) is 5.15. The van der Waals surface area contributed by atoms with Crippen LogP contribution in [0.15, 0.2) is 65.7 Å². The highest BCUT2D eigenvalue weighted by molar-refractivity contribution is 8.00. The van der Waals surface area contributed by atoms with Crippen LogP contribution in [0.3, 0.4) is 0 Å². The Kier molecular flexibility index (Phi) is 5.94. The predicted octanol–water partition coefficient (Wildman–Crippen LogP) is 3.78. The summed E-state index contributed by atoms with van der Waals surface area (Å²) in [6.07, 6.45) is 2.36. The second-order valence-electron chi connectivity index (χ2n) is 4.27. The summed E-state index contributed by atoms with van der Waals surface area (Å²) in [5.41, 5.74) is 1.14. The molecule has 5 heteroatoms. The number of fused-ring (bicyclic) bond motifs is 1. The van der Waals surface area contributed by atoms with Crippen LogP contribution in [-0.4, -0.2) is 23.5 Å². The highest BCUT2D eigenvalue weighted by Gasteiger charge is 2.02. The van der Waals surface area contributed by atoms with Crippen molar-refractivity contribution in [2.45, 2.75) is 4.90 Å². The maximum absolute atomic E-state index is 10.9. The van der Waals surface area contributed by atoms with Crippen LogP contribution in [0.5, 0.6) is 0 Å². The highest BCUT2D eigenvalue weighted by atomic mass is 32.2. The molecule has 0 radical (unpaired) electrons. The highest BCUT2D eigenvalue weighted by Crippen LogP contribution is 2.25. The van der Waals surface area contributed by atoms with Crippen LogP contribution in [0.2, 0.25) is 0 Å². The summed E-state index contributed by atoms with van der Waals surface area (Å²) < 4.78 is 3.17. The maximum atomic E-state index is 10.9. The first-order valence-corrected chi connectivity index (χ1v) is 7.45. The van der Waals surface area contributed by atoms with Crippen molar-refractivity contribution < 1.29 is 9.90 Å². The van der Waals surface area contributed by atoms with Crippen molar-refractivity contribution in [2.75, 3.05) is 11.8 Å². The molecule has 0 bridgehead atoms. The molecule has 2 aromatic carbocycles. The van der Waals surface area contributed by atoms with Crippen LogP contribution in [-0.2, 0) is 0 Å². The number of carbonyl (C=O) groups is 1. The molecule has 2 N–H and O–H groups in total. The van der Waals surface area contributed by atoms with Gasteiger partial charge in [-0.2, -0.15) is 0 Å². The van der Waals surface area contributed by atoms with Gasteiger partial charge in [-0.05, 0) is 47.0 Å². The summed E-state index contributed by atoms with van der Waals surface area (Å²) in [5.74, 6) is 0. The summed E-state index contributed by atoms with van der Waals surface area (Å²) in [6.45, 7) is 0. The van der Waals surface area contributed by atoms with E-state index < -0.39 is 0 Å². The third-order valence-electron chi connectivity index (χ3n) is 2.95. The molecule has 4 nitrogen and oxygen atoms in total. The molecule has 0 atom stereocenters. The van der Waals surface area contributed by atoms with Gasteiger partial charge in [0.2, 0.25) is 0 Å². The lowest BCUT2D eigenvalue weighted by Gasteiger charge is -2.07. The first kappa shape index (κ1) is 16.0. The molecule has 0 aliphatic carbocycles. The zero-order valence-corrected chi connectivity index (χ0v) is 12.9. The van der Waals surface area contributed by atoms with Crippen molar-refractivity contribution in [1.82, 2.24) is 4.98 Å². The number of pyridine rings is 1. The SMILES string of the molecule is CO.O=Cc1ncccc1NSc1ccc2ccccc2c1. The molecular formula is C17H16N2O2S. The van der Waals surface area contributed by atoms with E-state index in [-0.39, 0.29) is 0 Å². The lowest BCUT2D eigenvalue weighted by atomic mass is 10.1. The Bertz CT molecular complexity index is 762. The molecular weight excluding hydrogens is 296 g/mol. The third kappa shape index (κ3) is 3.84. The molecule has 0 aliphatic rings. The van der Waals surface area contributed by atoms with Crippen molar-refractivity contribution in [2.24, 2.45) is 0 Å². The Morgan fingerprint density at radius 1 is 1.05 bits per heavy atom. The van der Waals surface area contributed by atoms with E-state index in [0.29, 0.717) is 5.69 Å². The van der Waals surface area contributed by atoms with Crippen molar-refractivity contribution in [3.05, 3.63) is 66.5 Å². The molecule has 1 heterocycles. The van der Waals surface area contributed by atoms with Crippen molar-refractivity contribution in [3.8, 4) is 0 Å². The minimum absolute atomic E-state index is 0.417. The zero-order chi connectivity index (χ0) is 15.8. The van der Waals surface area contributed by atoms with Crippen LogP contribution in [0.1, 0.15) is 10.5 Å². The molecule has 0 spiro atoms. The van der Waals surface area contributed by atoms with Gasteiger partial charge in [-0.15, -0.1) is 0 Å².